The van der Waals surface area contributed by atoms with Crippen LogP contribution in [0.2, 0.25) is 4.34 Å². The molecule has 1 saturated heterocycles. The van der Waals surface area contributed by atoms with Crippen molar-refractivity contribution in [1.29, 1.82) is 0 Å². The topological polar surface area (TPSA) is 106 Å². The molecule has 1 unspecified atom stereocenters. The Hall–Kier alpha value is -1.53. The van der Waals surface area contributed by atoms with Crippen LogP contribution in [0.3, 0.4) is 0 Å². The summed E-state index contributed by atoms with van der Waals surface area (Å²) in [6.07, 6.45) is 0.971. The Balaban J connectivity index is 1.79. The lowest BCUT2D eigenvalue weighted by Gasteiger charge is -2.22. The number of anilines is 1. The number of carbonyl (C=O) groups excluding carboxylic acids is 2. The molecule has 3 heterocycles. The van der Waals surface area contributed by atoms with E-state index in [-0.39, 0.29) is 20.8 Å². The molecule has 1 fully saturated rings. The highest BCUT2D eigenvalue weighted by Crippen LogP contribution is 2.33. The first-order valence-electron chi connectivity index (χ1n) is 7.88. The standard InChI is InChI=1S/C15H16ClN3O5S3/c1-8-12(14(21)24-2)26-15(17-8)18-13(20)9-4-3-7-19(9)27(22,23)11-6-5-10(16)25-11/h5-6,9H,3-4,7H2,1-2H3,(H,17,18,20). The molecular formula is C15H16ClN3O5S3. The number of methoxy groups -OCH3 is 1. The molecule has 8 nitrogen and oxygen atoms in total. The van der Waals surface area contributed by atoms with Crippen LogP contribution in [0.15, 0.2) is 16.3 Å². The van der Waals surface area contributed by atoms with Gasteiger partial charge in [-0.2, -0.15) is 4.31 Å². The van der Waals surface area contributed by atoms with Crippen molar-refractivity contribution in [3.8, 4) is 0 Å². The molecule has 0 radical (unpaired) electrons. The molecule has 1 N–H and O–H groups in total. The summed E-state index contributed by atoms with van der Waals surface area (Å²) in [5, 5.41) is 2.84. The molecule has 27 heavy (non-hydrogen) atoms. The zero-order valence-electron chi connectivity index (χ0n) is 14.4. The zero-order chi connectivity index (χ0) is 19.8. The van der Waals surface area contributed by atoms with Crippen molar-refractivity contribution in [2.75, 3.05) is 19.0 Å². The van der Waals surface area contributed by atoms with Gasteiger partial charge in [-0.25, -0.2) is 18.2 Å². The minimum atomic E-state index is -3.81. The van der Waals surface area contributed by atoms with Gasteiger partial charge < -0.3 is 10.1 Å². The number of nitrogens with zero attached hydrogens (tertiary/aromatic N) is 2. The molecule has 1 aliphatic rings. The first kappa shape index (κ1) is 20.2. The number of aromatic nitrogens is 1. The first-order valence-corrected chi connectivity index (χ1v) is 11.3. The number of aryl methyl sites for hydroxylation is 1. The number of sulfonamides is 1. The Morgan fingerprint density at radius 2 is 2.11 bits per heavy atom. The largest absolute Gasteiger partial charge is 0.465 e. The van der Waals surface area contributed by atoms with Crippen molar-refractivity contribution in [2.45, 2.75) is 30.0 Å². The van der Waals surface area contributed by atoms with Crippen molar-refractivity contribution >= 4 is 61.3 Å². The summed E-state index contributed by atoms with van der Waals surface area (Å²) in [4.78, 5) is 28.8. The molecule has 146 valence electrons. The van der Waals surface area contributed by atoms with Gasteiger partial charge in [0.25, 0.3) is 10.0 Å². The number of hydrogen-bond acceptors (Lipinski definition) is 8. The maximum atomic E-state index is 12.8. The average molecular weight is 450 g/mol. The number of ether oxygens (including phenoxy) is 1. The van der Waals surface area contributed by atoms with Gasteiger partial charge in [0.2, 0.25) is 5.91 Å². The maximum absolute atomic E-state index is 12.8. The Labute approximate surface area is 169 Å². The Morgan fingerprint density at radius 3 is 2.74 bits per heavy atom. The van der Waals surface area contributed by atoms with Crippen molar-refractivity contribution in [3.63, 3.8) is 0 Å². The van der Waals surface area contributed by atoms with Crippen LogP contribution in [0.25, 0.3) is 0 Å². The molecule has 3 rings (SSSR count). The lowest BCUT2D eigenvalue weighted by Crippen LogP contribution is -2.42. The third-order valence-corrected chi connectivity index (χ3v) is 8.67. The van der Waals surface area contributed by atoms with Crippen molar-refractivity contribution in [3.05, 3.63) is 27.0 Å². The number of amides is 1. The van der Waals surface area contributed by atoms with E-state index in [9.17, 15) is 18.0 Å². The number of hydrogen-bond donors (Lipinski definition) is 1. The second kappa shape index (κ2) is 7.84. The maximum Gasteiger partial charge on any atom is 0.350 e. The van der Waals surface area contributed by atoms with E-state index in [1.54, 1.807) is 6.92 Å². The number of halogens is 1. The molecule has 0 saturated carbocycles. The summed E-state index contributed by atoms with van der Waals surface area (Å²) in [6, 6.07) is 2.10. The predicted molar refractivity (Wildman–Crippen MR) is 103 cm³/mol. The number of nitrogens with one attached hydrogen (secondary N) is 1. The monoisotopic (exact) mass is 449 g/mol. The molecule has 12 heteroatoms. The van der Waals surface area contributed by atoms with Gasteiger partial charge in [0, 0.05) is 6.54 Å². The van der Waals surface area contributed by atoms with Crippen molar-refractivity contribution in [1.82, 2.24) is 9.29 Å². The molecular weight excluding hydrogens is 434 g/mol. The zero-order valence-corrected chi connectivity index (χ0v) is 17.6. The predicted octanol–water partition coefficient (Wildman–Crippen LogP) is 2.74. The highest BCUT2D eigenvalue weighted by molar-refractivity contribution is 7.91. The van der Waals surface area contributed by atoms with Crippen LogP contribution in [0.4, 0.5) is 5.13 Å². The summed E-state index contributed by atoms with van der Waals surface area (Å²) in [5.41, 5.74) is 0.436. The van der Waals surface area contributed by atoms with Gasteiger partial charge in [0.05, 0.1) is 17.1 Å². The van der Waals surface area contributed by atoms with Gasteiger partial charge in [0.1, 0.15) is 15.1 Å². The summed E-state index contributed by atoms with van der Waals surface area (Å²) in [5.74, 6) is -1.02. The summed E-state index contributed by atoms with van der Waals surface area (Å²) in [7, 11) is -2.55. The van der Waals surface area contributed by atoms with Crippen LogP contribution in [0.1, 0.15) is 28.2 Å². The average Bonchev–Trinajstić information content (AvgIpc) is 3.34. The Bertz CT molecular complexity index is 985. The van der Waals surface area contributed by atoms with Gasteiger partial charge in [-0.1, -0.05) is 22.9 Å². The van der Waals surface area contributed by atoms with Crippen LogP contribution < -0.4 is 5.32 Å². The summed E-state index contributed by atoms with van der Waals surface area (Å²) < 4.78 is 32.0. The number of carbonyl (C=O) groups is 2. The van der Waals surface area contributed by atoms with Gasteiger partial charge in [-0.3, -0.25) is 4.79 Å². The van der Waals surface area contributed by atoms with E-state index in [0.717, 1.165) is 22.7 Å². The van der Waals surface area contributed by atoms with E-state index >= 15 is 0 Å². The first-order chi connectivity index (χ1) is 12.7. The number of thiophene rings is 1. The van der Waals surface area contributed by atoms with E-state index in [1.165, 1.54) is 23.5 Å². The lowest BCUT2D eigenvalue weighted by atomic mass is 10.2. The van der Waals surface area contributed by atoms with E-state index in [2.05, 4.69) is 15.0 Å². The van der Waals surface area contributed by atoms with Gasteiger partial charge in [-0.15, -0.1) is 11.3 Å². The molecule has 2 aromatic heterocycles. The molecule has 0 bridgehead atoms. The quantitative estimate of drug-likeness (QED) is 0.703. The molecule has 1 amide bonds. The van der Waals surface area contributed by atoms with Crippen LogP contribution in [0, 0.1) is 6.92 Å². The van der Waals surface area contributed by atoms with Gasteiger partial charge in [-0.05, 0) is 31.9 Å². The fourth-order valence-corrected chi connectivity index (χ4v) is 6.92. The second-order valence-corrected chi connectivity index (χ2v) is 10.6. The molecule has 0 aliphatic carbocycles. The van der Waals surface area contributed by atoms with Crippen LogP contribution in [-0.4, -0.2) is 49.3 Å². The highest BCUT2D eigenvalue weighted by Gasteiger charge is 2.40. The normalized spacial score (nSPS) is 17.8. The Morgan fingerprint density at radius 1 is 1.37 bits per heavy atom. The van der Waals surface area contributed by atoms with Gasteiger partial charge in [0.15, 0.2) is 5.13 Å². The fraction of sp³-hybridized carbons (Fsp3) is 0.400. The third-order valence-electron chi connectivity index (χ3n) is 4.02. The number of thiazole rings is 1. The molecule has 0 aromatic carbocycles. The summed E-state index contributed by atoms with van der Waals surface area (Å²) >= 11 is 7.79. The van der Waals surface area contributed by atoms with Crippen molar-refractivity contribution < 1.29 is 22.7 Å². The SMILES string of the molecule is COC(=O)c1sc(NC(=O)C2CCCN2S(=O)(=O)c2ccc(Cl)s2)nc1C. The number of rotatable bonds is 5. The van der Waals surface area contributed by atoms with E-state index in [4.69, 9.17) is 11.6 Å². The minimum Gasteiger partial charge on any atom is -0.465 e. The van der Waals surface area contributed by atoms with E-state index in [1.807, 2.05) is 0 Å². The molecule has 2 aromatic rings. The third kappa shape index (κ3) is 4.02. The second-order valence-electron chi connectivity index (χ2n) is 5.75. The van der Waals surface area contributed by atoms with E-state index in [0.29, 0.717) is 22.9 Å². The molecule has 1 aliphatic heterocycles. The van der Waals surface area contributed by atoms with Crippen LogP contribution in [0.5, 0.6) is 0 Å². The minimum absolute atomic E-state index is 0.102. The van der Waals surface area contributed by atoms with Gasteiger partial charge >= 0.3 is 5.97 Å². The van der Waals surface area contributed by atoms with E-state index < -0.39 is 27.9 Å². The molecule has 0 spiro atoms. The highest BCUT2D eigenvalue weighted by atomic mass is 35.5. The lowest BCUT2D eigenvalue weighted by molar-refractivity contribution is -0.119. The summed E-state index contributed by atoms with van der Waals surface area (Å²) in [6.45, 7) is 1.88. The smallest absolute Gasteiger partial charge is 0.350 e. The van der Waals surface area contributed by atoms with Crippen LogP contribution in [-0.2, 0) is 19.6 Å². The fourth-order valence-electron chi connectivity index (χ4n) is 2.76. The van der Waals surface area contributed by atoms with Crippen molar-refractivity contribution in [2.24, 2.45) is 0 Å². The molecule has 1 atom stereocenters. The van der Waals surface area contributed by atoms with Crippen LogP contribution >= 0.6 is 34.3 Å². The number of esters is 1. The Kier molecular flexibility index (Phi) is 5.87.